The van der Waals surface area contributed by atoms with Crippen LogP contribution in [0, 0.1) is 5.41 Å². The lowest BCUT2D eigenvalue weighted by Gasteiger charge is -2.17. The summed E-state index contributed by atoms with van der Waals surface area (Å²) in [5.74, 6) is 0. The van der Waals surface area contributed by atoms with Crippen LogP contribution in [-0.4, -0.2) is 11.2 Å². The zero-order valence-electron chi connectivity index (χ0n) is 12.6. The summed E-state index contributed by atoms with van der Waals surface area (Å²) in [6.45, 7) is 8.87. The van der Waals surface area contributed by atoms with E-state index in [2.05, 4.69) is 20.8 Å². The van der Waals surface area contributed by atoms with E-state index in [-0.39, 0.29) is 6.10 Å². The minimum Gasteiger partial charge on any atom is -0.393 e. The summed E-state index contributed by atoms with van der Waals surface area (Å²) >= 11 is 0. The average molecular weight is 242 g/mol. The van der Waals surface area contributed by atoms with Crippen molar-refractivity contribution in [1.29, 1.82) is 0 Å². The Morgan fingerprint density at radius 2 is 1.18 bits per heavy atom. The molecule has 1 unspecified atom stereocenters. The van der Waals surface area contributed by atoms with Crippen LogP contribution in [0.2, 0.25) is 0 Å². The normalized spacial score (nSPS) is 13.9. The molecule has 0 radical (unpaired) electrons. The van der Waals surface area contributed by atoms with Crippen molar-refractivity contribution in [1.82, 2.24) is 0 Å². The molecule has 17 heavy (non-hydrogen) atoms. The summed E-state index contributed by atoms with van der Waals surface area (Å²) in [5.41, 5.74) is 0.515. The molecule has 0 aliphatic carbocycles. The maximum Gasteiger partial charge on any atom is 0.0512 e. The Balaban J connectivity index is 3.04. The van der Waals surface area contributed by atoms with Crippen LogP contribution < -0.4 is 0 Å². The van der Waals surface area contributed by atoms with Crippen LogP contribution in [-0.2, 0) is 0 Å². The van der Waals surface area contributed by atoms with Crippen LogP contribution in [0.15, 0.2) is 0 Å². The minimum atomic E-state index is -0.104. The van der Waals surface area contributed by atoms with Crippen LogP contribution >= 0.6 is 0 Å². The van der Waals surface area contributed by atoms with Crippen molar-refractivity contribution < 1.29 is 5.11 Å². The molecule has 0 saturated heterocycles. The molecule has 0 bridgehead atoms. The van der Waals surface area contributed by atoms with E-state index < -0.39 is 0 Å². The van der Waals surface area contributed by atoms with Gasteiger partial charge in [-0.05, 0) is 25.2 Å². The van der Waals surface area contributed by atoms with Crippen LogP contribution in [0.5, 0.6) is 0 Å². The lowest BCUT2D eigenvalue weighted by Crippen LogP contribution is -2.03. The highest BCUT2D eigenvalue weighted by molar-refractivity contribution is 4.61. The van der Waals surface area contributed by atoms with E-state index in [0.717, 1.165) is 6.42 Å². The molecule has 1 atom stereocenters. The summed E-state index contributed by atoms with van der Waals surface area (Å²) in [5, 5.41) is 9.12. The summed E-state index contributed by atoms with van der Waals surface area (Å²) in [7, 11) is 0. The fourth-order valence-electron chi connectivity index (χ4n) is 2.16. The summed E-state index contributed by atoms with van der Waals surface area (Å²) in [6, 6.07) is 0. The molecule has 104 valence electrons. The second-order valence-electron chi connectivity index (χ2n) is 6.78. The van der Waals surface area contributed by atoms with Gasteiger partial charge in [-0.3, -0.25) is 0 Å². The monoisotopic (exact) mass is 242 g/mol. The van der Waals surface area contributed by atoms with E-state index in [0.29, 0.717) is 5.41 Å². The molecule has 1 N–H and O–H groups in total. The largest absolute Gasteiger partial charge is 0.393 e. The van der Waals surface area contributed by atoms with Crippen molar-refractivity contribution >= 4 is 0 Å². The van der Waals surface area contributed by atoms with Gasteiger partial charge in [0.15, 0.2) is 0 Å². The van der Waals surface area contributed by atoms with Crippen LogP contribution in [0.1, 0.15) is 91.9 Å². The molecule has 0 spiro atoms. The predicted octanol–water partition coefficient (Wildman–Crippen LogP) is 5.31. The number of aliphatic hydroxyl groups excluding tert-OH is 1. The van der Waals surface area contributed by atoms with Crippen molar-refractivity contribution in [2.45, 2.75) is 98.0 Å². The van der Waals surface area contributed by atoms with Crippen molar-refractivity contribution in [3.63, 3.8) is 0 Å². The first kappa shape index (κ1) is 17.0. The van der Waals surface area contributed by atoms with Gasteiger partial charge in [0.2, 0.25) is 0 Å². The van der Waals surface area contributed by atoms with E-state index in [1.807, 2.05) is 6.92 Å². The van der Waals surface area contributed by atoms with E-state index in [1.165, 1.54) is 57.8 Å². The molecule has 0 saturated carbocycles. The fourth-order valence-corrected chi connectivity index (χ4v) is 2.16. The van der Waals surface area contributed by atoms with Gasteiger partial charge in [-0.1, -0.05) is 72.1 Å². The molecular weight excluding hydrogens is 208 g/mol. The second kappa shape index (κ2) is 9.94. The van der Waals surface area contributed by atoms with Gasteiger partial charge in [-0.15, -0.1) is 0 Å². The van der Waals surface area contributed by atoms with E-state index in [4.69, 9.17) is 5.11 Å². The Labute approximate surface area is 109 Å². The fraction of sp³-hybridized carbons (Fsp3) is 1.00. The van der Waals surface area contributed by atoms with Crippen molar-refractivity contribution in [2.75, 3.05) is 0 Å². The molecule has 0 rings (SSSR count). The quantitative estimate of drug-likeness (QED) is 0.514. The molecular formula is C16H34O. The summed E-state index contributed by atoms with van der Waals surface area (Å²) in [6.07, 6.45) is 13.1. The van der Waals surface area contributed by atoms with Gasteiger partial charge >= 0.3 is 0 Å². The third kappa shape index (κ3) is 16.0. The standard InChI is InChI=1S/C16H34O/c1-15(17)13-11-9-7-5-6-8-10-12-14-16(2,3)4/h15,17H,5-14H2,1-4H3. The van der Waals surface area contributed by atoms with Crippen LogP contribution in [0.25, 0.3) is 0 Å². The Morgan fingerprint density at radius 1 is 0.765 bits per heavy atom. The van der Waals surface area contributed by atoms with Crippen LogP contribution in [0.3, 0.4) is 0 Å². The number of hydrogen-bond donors (Lipinski definition) is 1. The topological polar surface area (TPSA) is 20.2 Å². The molecule has 0 fully saturated rings. The molecule has 1 heteroatoms. The van der Waals surface area contributed by atoms with E-state index in [1.54, 1.807) is 0 Å². The van der Waals surface area contributed by atoms with Gasteiger partial charge in [0, 0.05) is 0 Å². The number of hydrogen-bond acceptors (Lipinski definition) is 1. The van der Waals surface area contributed by atoms with Gasteiger partial charge in [-0.2, -0.15) is 0 Å². The predicted molar refractivity (Wildman–Crippen MR) is 77.3 cm³/mol. The Hall–Kier alpha value is -0.0400. The van der Waals surface area contributed by atoms with E-state index in [9.17, 15) is 0 Å². The first-order valence-electron chi connectivity index (χ1n) is 7.60. The minimum absolute atomic E-state index is 0.104. The molecule has 0 heterocycles. The molecule has 0 aromatic carbocycles. The smallest absolute Gasteiger partial charge is 0.0512 e. The summed E-state index contributed by atoms with van der Waals surface area (Å²) < 4.78 is 0. The number of unbranched alkanes of at least 4 members (excludes halogenated alkanes) is 7. The van der Waals surface area contributed by atoms with Crippen molar-refractivity contribution in [2.24, 2.45) is 5.41 Å². The van der Waals surface area contributed by atoms with Crippen molar-refractivity contribution in [3.05, 3.63) is 0 Å². The molecule has 0 aliphatic heterocycles. The van der Waals surface area contributed by atoms with Gasteiger partial charge in [0.05, 0.1) is 6.10 Å². The van der Waals surface area contributed by atoms with Gasteiger partial charge in [-0.25, -0.2) is 0 Å². The molecule has 0 aromatic rings. The van der Waals surface area contributed by atoms with E-state index >= 15 is 0 Å². The van der Waals surface area contributed by atoms with Crippen molar-refractivity contribution in [3.8, 4) is 0 Å². The highest BCUT2D eigenvalue weighted by Gasteiger charge is 2.08. The highest BCUT2D eigenvalue weighted by Crippen LogP contribution is 2.22. The average Bonchev–Trinajstić information content (AvgIpc) is 2.18. The Bertz CT molecular complexity index is 155. The lowest BCUT2D eigenvalue weighted by atomic mass is 9.89. The first-order valence-corrected chi connectivity index (χ1v) is 7.60. The zero-order valence-corrected chi connectivity index (χ0v) is 12.6. The molecule has 1 nitrogen and oxygen atoms in total. The third-order valence-electron chi connectivity index (χ3n) is 3.30. The number of rotatable bonds is 10. The number of aliphatic hydroxyl groups is 1. The Kier molecular flexibility index (Phi) is 9.91. The maximum absolute atomic E-state index is 9.12. The maximum atomic E-state index is 9.12. The highest BCUT2D eigenvalue weighted by atomic mass is 16.3. The lowest BCUT2D eigenvalue weighted by molar-refractivity contribution is 0.180. The Morgan fingerprint density at radius 3 is 1.59 bits per heavy atom. The first-order chi connectivity index (χ1) is 7.92. The molecule has 0 aliphatic rings. The van der Waals surface area contributed by atoms with Gasteiger partial charge in [0.1, 0.15) is 0 Å². The SMILES string of the molecule is CC(O)CCCCCCCCCCC(C)(C)C. The van der Waals surface area contributed by atoms with Gasteiger partial charge in [0.25, 0.3) is 0 Å². The van der Waals surface area contributed by atoms with Crippen LogP contribution in [0.4, 0.5) is 0 Å². The van der Waals surface area contributed by atoms with Gasteiger partial charge < -0.3 is 5.11 Å². The second-order valence-corrected chi connectivity index (χ2v) is 6.78. The zero-order chi connectivity index (χ0) is 13.1. The molecule has 0 aromatic heterocycles. The third-order valence-corrected chi connectivity index (χ3v) is 3.30. The molecule has 0 amide bonds. The summed E-state index contributed by atoms with van der Waals surface area (Å²) in [4.78, 5) is 0.